The van der Waals surface area contributed by atoms with Crippen LogP contribution in [0.5, 0.6) is 0 Å². The summed E-state index contributed by atoms with van der Waals surface area (Å²) in [5, 5.41) is 4.85. The Bertz CT molecular complexity index is 743. The summed E-state index contributed by atoms with van der Waals surface area (Å²) in [5.41, 5.74) is 1.57. The summed E-state index contributed by atoms with van der Waals surface area (Å²) in [4.78, 5) is 15.4. The SMILES string of the molecule is C[C@H]1CCc2c(sc3nc(C4CC4)nc(N4CCNCC4)c23)C1. The lowest BCUT2D eigenvalue weighted by Gasteiger charge is -2.29. The van der Waals surface area contributed by atoms with E-state index in [1.807, 2.05) is 11.3 Å². The van der Waals surface area contributed by atoms with Crippen molar-refractivity contribution in [1.29, 1.82) is 0 Å². The highest BCUT2D eigenvalue weighted by Crippen LogP contribution is 2.44. The quantitative estimate of drug-likeness (QED) is 0.920. The molecule has 2 fully saturated rings. The predicted molar refractivity (Wildman–Crippen MR) is 95.7 cm³/mol. The van der Waals surface area contributed by atoms with Crippen LogP contribution in [0, 0.1) is 5.92 Å². The highest BCUT2D eigenvalue weighted by Gasteiger charge is 2.31. The average Bonchev–Trinajstić information content (AvgIpc) is 3.36. The smallest absolute Gasteiger partial charge is 0.141 e. The van der Waals surface area contributed by atoms with Crippen LogP contribution in [0.1, 0.15) is 48.4 Å². The second kappa shape index (κ2) is 5.42. The van der Waals surface area contributed by atoms with Crippen molar-refractivity contribution in [1.82, 2.24) is 15.3 Å². The molecule has 1 N–H and O–H groups in total. The zero-order valence-corrected chi connectivity index (χ0v) is 14.6. The molecule has 122 valence electrons. The van der Waals surface area contributed by atoms with Crippen LogP contribution in [0.25, 0.3) is 10.2 Å². The van der Waals surface area contributed by atoms with Crippen LogP contribution in [-0.2, 0) is 12.8 Å². The third-order valence-electron chi connectivity index (χ3n) is 5.51. The van der Waals surface area contributed by atoms with E-state index >= 15 is 0 Å². The maximum atomic E-state index is 5.08. The fourth-order valence-corrected chi connectivity index (χ4v) is 5.35. The van der Waals surface area contributed by atoms with Crippen molar-refractivity contribution in [3.63, 3.8) is 0 Å². The molecule has 1 saturated carbocycles. The fourth-order valence-electron chi connectivity index (χ4n) is 3.97. The number of fused-ring (bicyclic) bond motifs is 3. The molecule has 2 aromatic heterocycles. The molecule has 3 heterocycles. The minimum atomic E-state index is 0.624. The van der Waals surface area contributed by atoms with Crippen LogP contribution < -0.4 is 10.2 Å². The van der Waals surface area contributed by atoms with E-state index in [1.54, 1.807) is 10.4 Å². The third kappa shape index (κ3) is 2.45. The van der Waals surface area contributed by atoms with E-state index in [9.17, 15) is 0 Å². The molecule has 1 saturated heterocycles. The normalized spacial score (nSPS) is 24.9. The second-order valence-electron chi connectivity index (χ2n) is 7.45. The number of nitrogens with zero attached hydrogens (tertiary/aromatic N) is 3. The fraction of sp³-hybridized carbons (Fsp3) is 0.667. The molecule has 0 aromatic carbocycles. The monoisotopic (exact) mass is 328 g/mol. The lowest BCUT2D eigenvalue weighted by Crippen LogP contribution is -2.44. The van der Waals surface area contributed by atoms with E-state index < -0.39 is 0 Å². The Kier molecular flexibility index (Phi) is 3.34. The van der Waals surface area contributed by atoms with Gasteiger partial charge in [-0.15, -0.1) is 11.3 Å². The van der Waals surface area contributed by atoms with E-state index in [1.165, 1.54) is 48.1 Å². The molecular weight excluding hydrogens is 304 g/mol. The van der Waals surface area contributed by atoms with Gasteiger partial charge >= 0.3 is 0 Å². The van der Waals surface area contributed by atoms with Gasteiger partial charge in [-0.05, 0) is 43.6 Å². The van der Waals surface area contributed by atoms with Crippen LogP contribution in [0.3, 0.4) is 0 Å². The van der Waals surface area contributed by atoms with E-state index in [0.717, 1.165) is 37.9 Å². The number of nitrogens with one attached hydrogen (secondary N) is 1. The average molecular weight is 328 g/mol. The van der Waals surface area contributed by atoms with Gasteiger partial charge in [0.2, 0.25) is 0 Å². The molecule has 0 radical (unpaired) electrons. The molecule has 0 bridgehead atoms. The highest BCUT2D eigenvalue weighted by molar-refractivity contribution is 7.19. The van der Waals surface area contributed by atoms with Gasteiger partial charge in [0.15, 0.2) is 0 Å². The van der Waals surface area contributed by atoms with Gasteiger partial charge < -0.3 is 10.2 Å². The van der Waals surface area contributed by atoms with E-state index in [2.05, 4.69) is 17.1 Å². The molecular formula is C18H24N4S. The summed E-state index contributed by atoms with van der Waals surface area (Å²) in [5.74, 6) is 3.79. The molecule has 0 spiro atoms. The number of hydrogen-bond acceptors (Lipinski definition) is 5. The number of thiophene rings is 1. The largest absolute Gasteiger partial charge is 0.353 e. The summed E-state index contributed by atoms with van der Waals surface area (Å²) >= 11 is 1.95. The minimum Gasteiger partial charge on any atom is -0.353 e. The lowest BCUT2D eigenvalue weighted by atomic mass is 9.89. The van der Waals surface area contributed by atoms with Crippen molar-refractivity contribution in [2.24, 2.45) is 5.92 Å². The Morgan fingerprint density at radius 3 is 2.74 bits per heavy atom. The van der Waals surface area contributed by atoms with Crippen LogP contribution in [-0.4, -0.2) is 36.1 Å². The van der Waals surface area contributed by atoms with Gasteiger partial charge in [-0.2, -0.15) is 0 Å². The van der Waals surface area contributed by atoms with Crippen LogP contribution in [0.15, 0.2) is 0 Å². The van der Waals surface area contributed by atoms with Crippen molar-refractivity contribution >= 4 is 27.4 Å². The Labute approximate surface area is 141 Å². The summed E-state index contributed by atoms with van der Waals surface area (Å²) < 4.78 is 0. The van der Waals surface area contributed by atoms with E-state index in [0.29, 0.717) is 5.92 Å². The Morgan fingerprint density at radius 2 is 1.96 bits per heavy atom. The van der Waals surface area contributed by atoms with Gasteiger partial charge in [0.25, 0.3) is 0 Å². The Morgan fingerprint density at radius 1 is 1.13 bits per heavy atom. The highest BCUT2D eigenvalue weighted by atomic mass is 32.1. The zero-order chi connectivity index (χ0) is 15.4. The standard InChI is InChI=1S/C18H24N4S/c1-11-2-5-13-14(10-11)23-18-15(13)17(22-8-6-19-7-9-22)20-16(21-18)12-3-4-12/h11-12,19H,2-10H2,1H3/t11-/m0/s1. The molecule has 5 heteroatoms. The number of piperazine rings is 1. The molecule has 1 aliphatic heterocycles. The van der Waals surface area contributed by atoms with Crippen LogP contribution in [0.2, 0.25) is 0 Å². The van der Waals surface area contributed by atoms with Crippen LogP contribution >= 0.6 is 11.3 Å². The predicted octanol–water partition coefficient (Wildman–Crippen LogP) is 3.10. The molecule has 5 rings (SSSR count). The molecule has 3 aliphatic rings. The number of rotatable bonds is 2. The Balaban J connectivity index is 1.69. The maximum Gasteiger partial charge on any atom is 0.141 e. The lowest BCUT2D eigenvalue weighted by molar-refractivity contribution is 0.509. The van der Waals surface area contributed by atoms with E-state index in [4.69, 9.17) is 9.97 Å². The van der Waals surface area contributed by atoms with Gasteiger partial charge in [-0.3, -0.25) is 0 Å². The van der Waals surface area contributed by atoms with Crippen molar-refractivity contribution in [3.8, 4) is 0 Å². The zero-order valence-electron chi connectivity index (χ0n) is 13.8. The molecule has 4 nitrogen and oxygen atoms in total. The summed E-state index contributed by atoms with van der Waals surface area (Å²) in [6.07, 6.45) is 6.30. The third-order valence-corrected chi connectivity index (χ3v) is 6.66. The summed E-state index contributed by atoms with van der Waals surface area (Å²) in [6, 6.07) is 0. The maximum absolute atomic E-state index is 5.08. The van der Waals surface area contributed by atoms with Crippen LogP contribution in [0.4, 0.5) is 5.82 Å². The summed E-state index contributed by atoms with van der Waals surface area (Å²) in [7, 11) is 0. The number of hydrogen-bond donors (Lipinski definition) is 1. The number of aromatic nitrogens is 2. The van der Waals surface area contributed by atoms with Gasteiger partial charge in [-0.25, -0.2) is 9.97 Å². The van der Waals surface area contributed by atoms with Gasteiger partial charge in [0.1, 0.15) is 16.5 Å². The van der Waals surface area contributed by atoms with Crippen molar-refractivity contribution in [2.45, 2.75) is 44.9 Å². The van der Waals surface area contributed by atoms with Gasteiger partial charge in [-0.1, -0.05) is 6.92 Å². The molecule has 0 unspecified atom stereocenters. The molecule has 23 heavy (non-hydrogen) atoms. The molecule has 1 atom stereocenters. The molecule has 2 aromatic rings. The topological polar surface area (TPSA) is 41.1 Å². The van der Waals surface area contributed by atoms with E-state index in [-0.39, 0.29) is 0 Å². The Hall–Kier alpha value is -1.20. The summed E-state index contributed by atoms with van der Waals surface area (Å²) in [6.45, 7) is 6.64. The minimum absolute atomic E-state index is 0.624. The first-order valence-corrected chi connectivity index (χ1v) is 9.89. The van der Waals surface area contributed by atoms with Gasteiger partial charge in [0.05, 0.1) is 5.39 Å². The first kappa shape index (κ1) is 14.2. The van der Waals surface area contributed by atoms with Crippen molar-refractivity contribution < 1.29 is 0 Å². The first-order chi connectivity index (χ1) is 11.3. The molecule has 2 aliphatic carbocycles. The second-order valence-corrected chi connectivity index (χ2v) is 8.53. The van der Waals surface area contributed by atoms with Gasteiger partial charge in [0, 0.05) is 37.0 Å². The molecule has 0 amide bonds. The van der Waals surface area contributed by atoms with Crippen molar-refractivity contribution in [3.05, 3.63) is 16.3 Å². The number of anilines is 1. The van der Waals surface area contributed by atoms with Crippen molar-refractivity contribution in [2.75, 3.05) is 31.1 Å². The first-order valence-electron chi connectivity index (χ1n) is 9.07. The number of aryl methyl sites for hydroxylation is 1.